The molecule has 0 aliphatic heterocycles. The number of aryl methyl sites for hydroxylation is 1. The van der Waals surface area contributed by atoms with Crippen LogP contribution in [0.15, 0.2) is 18.2 Å². The molecule has 0 fully saturated rings. The number of amides is 1. The molecule has 1 amide bonds. The first kappa shape index (κ1) is 12.4. The highest BCUT2D eigenvalue weighted by Gasteiger charge is 2.11. The summed E-state index contributed by atoms with van der Waals surface area (Å²) in [5, 5.41) is 2.63. The van der Waals surface area contributed by atoms with Crippen molar-refractivity contribution in [2.45, 2.75) is 26.8 Å². The van der Waals surface area contributed by atoms with Gasteiger partial charge in [0, 0.05) is 11.7 Å². The van der Waals surface area contributed by atoms with Gasteiger partial charge in [-0.1, -0.05) is 0 Å². The maximum Gasteiger partial charge on any atom is 0.411 e. The van der Waals surface area contributed by atoms with Crippen LogP contribution in [0.3, 0.4) is 0 Å². The van der Waals surface area contributed by atoms with Gasteiger partial charge < -0.3 is 9.30 Å². The number of carbonyl (C=O) groups is 1. The zero-order valence-electron chi connectivity index (χ0n) is 11.0. The fraction of sp³-hybridized carbons (Fsp3) is 0.385. The van der Waals surface area contributed by atoms with Crippen molar-refractivity contribution in [1.29, 1.82) is 0 Å². The van der Waals surface area contributed by atoms with Gasteiger partial charge in [-0.15, -0.1) is 0 Å². The second-order valence-electron chi connectivity index (χ2n) is 4.44. The summed E-state index contributed by atoms with van der Waals surface area (Å²) in [6, 6.07) is 6.01. The van der Waals surface area contributed by atoms with Crippen LogP contribution in [0.5, 0.6) is 0 Å². The van der Waals surface area contributed by atoms with Crippen molar-refractivity contribution < 1.29 is 9.53 Å². The van der Waals surface area contributed by atoms with E-state index in [-0.39, 0.29) is 0 Å². The van der Waals surface area contributed by atoms with Gasteiger partial charge in [0.25, 0.3) is 0 Å². The number of nitrogens with zero attached hydrogens (tertiary/aromatic N) is 2. The van der Waals surface area contributed by atoms with Gasteiger partial charge in [-0.2, -0.15) is 0 Å². The molecule has 2 aromatic rings. The minimum absolute atomic E-state index is 0.356. The number of hydrogen-bond donors (Lipinski definition) is 1. The second kappa shape index (κ2) is 4.68. The molecule has 1 heterocycles. The Bertz CT molecular complexity index is 587. The number of carbonyl (C=O) groups excluding carboxylic acids is 1. The Hall–Kier alpha value is -2.04. The average molecular weight is 247 g/mol. The lowest BCUT2D eigenvalue weighted by molar-refractivity contribution is 0.187. The third-order valence-corrected chi connectivity index (χ3v) is 2.81. The molecule has 5 nitrogen and oxygen atoms in total. The summed E-state index contributed by atoms with van der Waals surface area (Å²) in [7, 11) is 1.34. The van der Waals surface area contributed by atoms with Crippen LogP contribution in [-0.4, -0.2) is 22.8 Å². The normalized spacial score (nSPS) is 10.9. The topological polar surface area (TPSA) is 56.1 Å². The van der Waals surface area contributed by atoms with Crippen LogP contribution >= 0.6 is 0 Å². The third kappa shape index (κ3) is 2.16. The second-order valence-corrected chi connectivity index (χ2v) is 4.44. The highest BCUT2D eigenvalue weighted by Crippen LogP contribution is 2.23. The molecule has 1 aromatic carbocycles. The minimum atomic E-state index is -0.477. The van der Waals surface area contributed by atoms with E-state index in [9.17, 15) is 4.79 Å². The Balaban J connectivity index is 2.44. The van der Waals surface area contributed by atoms with Crippen molar-refractivity contribution >= 4 is 22.8 Å². The van der Waals surface area contributed by atoms with Gasteiger partial charge in [-0.3, -0.25) is 5.32 Å². The molecular formula is C13H17N3O2. The van der Waals surface area contributed by atoms with Crippen LogP contribution in [0, 0.1) is 6.92 Å². The molecule has 0 aliphatic rings. The summed E-state index contributed by atoms with van der Waals surface area (Å²) in [6.07, 6.45) is -0.477. The number of benzene rings is 1. The van der Waals surface area contributed by atoms with E-state index in [1.807, 2.05) is 25.1 Å². The molecule has 18 heavy (non-hydrogen) atoms. The Morgan fingerprint density at radius 1 is 1.44 bits per heavy atom. The zero-order chi connectivity index (χ0) is 13.3. The number of methoxy groups -OCH3 is 1. The summed E-state index contributed by atoms with van der Waals surface area (Å²) in [6.45, 7) is 6.22. The number of hydrogen-bond acceptors (Lipinski definition) is 3. The average Bonchev–Trinajstić information content (AvgIpc) is 2.64. The van der Waals surface area contributed by atoms with Crippen LogP contribution in [0.25, 0.3) is 11.0 Å². The fourth-order valence-electron chi connectivity index (χ4n) is 2.12. The van der Waals surface area contributed by atoms with E-state index in [0.29, 0.717) is 11.7 Å². The molecule has 0 atom stereocenters. The highest BCUT2D eigenvalue weighted by atomic mass is 16.5. The molecule has 0 bridgehead atoms. The Morgan fingerprint density at radius 3 is 2.78 bits per heavy atom. The molecular weight excluding hydrogens is 230 g/mol. The van der Waals surface area contributed by atoms with E-state index in [1.54, 1.807) is 0 Å². The van der Waals surface area contributed by atoms with E-state index in [0.717, 1.165) is 16.9 Å². The quantitative estimate of drug-likeness (QED) is 0.887. The Labute approximate surface area is 106 Å². The lowest BCUT2D eigenvalue weighted by atomic mass is 10.2. The molecule has 0 radical (unpaired) electrons. The van der Waals surface area contributed by atoms with Gasteiger partial charge in [-0.25, -0.2) is 9.78 Å². The lowest BCUT2D eigenvalue weighted by Gasteiger charge is -2.10. The first-order valence-electron chi connectivity index (χ1n) is 5.86. The predicted octanol–water partition coefficient (Wildman–Crippen LogP) is 3.10. The van der Waals surface area contributed by atoms with Crippen molar-refractivity contribution in [2.24, 2.45) is 0 Å². The smallest absolute Gasteiger partial charge is 0.411 e. The molecule has 0 saturated carbocycles. The number of anilines is 1. The number of imidazole rings is 1. The summed E-state index contributed by atoms with van der Waals surface area (Å²) >= 11 is 0. The van der Waals surface area contributed by atoms with Gasteiger partial charge >= 0.3 is 6.09 Å². The number of rotatable bonds is 2. The standard InChI is InChI=1S/C13H17N3O2/c1-8(2)16-9(3)14-11-7-10(5-6-12(11)16)15-13(17)18-4/h5-8H,1-4H3,(H,15,17). The Morgan fingerprint density at radius 2 is 2.17 bits per heavy atom. The largest absolute Gasteiger partial charge is 0.453 e. The van der Waals surface area contributed by atoms with Crippen LogP contribution in [0.1, 0.15) is 25.7 Å². The predicted molar refractivity (Wildman–Crippen MR) is 70.9 cm³/mol. The fourth-order valence-corrected chi connectivity index (χ4v) is 2.12. The van der Waals surface area contributed by atoms with Crippen LogP contribution in [0.2, 0.25) is 0 Å². The van der Waals surface area contributed by atoms with Gasteiger partial charge in [-0.05, 0) is 39.0 Å². The lowest BCUT2D eigenvalue weighted by Crippen LogP contribution is -2.10. The molecule has 1 aromatic heterocycles. The van der Waals surface area contributed by atoms with Crippen LogP contribution in [-0.2, 0) is 4.74 Å². The van der Waals surface area contributed by atoms with Crippen molar-refractivity contribution in [3.8, 4) is 0 Å². The summed E-state index contributed by atoms with van der Waals surface area (Å²) in [4.78, 5) is 15.6. The maximum atomic E-state index is 11.1. The van der Waals surface area contributed by atoms with E-state index in [4.69, 9.17) is 0 Å². The summed E-state index contributed by atoms with van der Waals surface area (Å²) in [5.41, 5.74) is 2.62. The number of fused-ring (bicyclic) bond motifs is 1. The zero-order valence-corrected chi connectivity index (χ0v) is 11.0. The van der Waals surface area contributed by atoms with E-state index >= 15 is 0 Å². The molecule has 0 aliphatic carbocycles. The van der Waals surface area contributed by atoms with Crippen molar-refractivity contribution in [3.05, 3.63) is 24.0 Å². The maximum absolute atomic E-state index is 11.1. The van der Waals surface area contributed by atoms with Crippen LogP contribution < -0.4 is 5.32 Å². The van der Waals surface area contributed by atoms with Gasteiger partial charge in [0.2, 0.25) is 0 Å². The Kier molecular flexibility index (Phi) is 3.23. The van der Waals surface area contributed by atoms with Crippen molar-refractivity contribution in [2.75, 3.05) is 12.4 Å². The number of nitrogens with one attached hydrogen (secondary N) is 1. The number of aromatic nitrogens is 2. The SMILES string of the molecule is COC(=O)Nc1ccc2c(c1)nc(C)n2C(C)C. The van der Waals surface area contributed by atoms with E-state index in [1.165, 1.54) is 7.11 Å². The molecule has 96 valence electrons. The van der Waals surface area contributed by atoms with Gasteiger partial charge in [0.15, 0.2) is 0 Å². The van der Waals surface area contributed by atoms with Gasteiger partial charge in [0.05, 0.1) is 18.1 Å². The van der Waals surface area contributed by atoms with Crippen molar-refractivity contribution in [3.63, 3.8) is 0 Å². The van der Waals surface area contributed by atoms with Crippen molar-refractivity contribution in [1.82, 2.24) is 9.55 Å². The molecule has 2 rings (SSSR count). The third-order valence-electron chi connectivity index (χ3n) is 2.81. The van der Waals surface area contributed by atoms with Crippen LogP contribution in [0.4, 0.5) is 10.5 Å². The minimum Gasteiger partial charge on any atom is -0.453 e. The van der Waals surface area contributed by atoms with E-state index < -0.39 is 6.09 Å². The summed E-state index contributed by atoms with van der Waals surface area (Å²) in [5.74, 6) is 0.968. The molecule has 0 unspecified atom stereocenters. The molecule has 1 N–H and O–H groups in total. The summed E-state index contributed by atoms with van der Waals surface area (Å²) < 4.78 is 6.72. The first-order chi connectivity index (χ1) is 8.52. The first-order valence-corrected chi connectivity index (χ1v) is 5.86. The number of ether oxygens (including phenoxy) is 1. The van der Waals surface area contributed by atoms with Gasteiger partial charge in [0.1, 0.15) is 5.82 Å². The van der Waals surface area contributed by atoms with E-state index in [2.05, 4.69) is 33.5 Å². The molecule has 0 saturated heterocycles. The highest BCUT2D eigenvalue weighted by molar-refractivity contribution is 5.88. The monoisotopic (exact) mass is 247 g/mol. The molecule has 0 spiro atoms. The molecule has 5 heteroatoms.